The molecule has 0 aromatic carbocycles. The van der Waals surface area contributed by atoms with Gasteiger partial charge in [-0.1, -0.05) is 13.8 Å². The molecule has 0 aromatic heterocycles. The molecule has 1 N–H and O–H groups in total. The van der Waals surface area contributed by atoms with Crippen LogP contribution in [0.5, 0.6) is 0 Å². The molecule has 0 saturated carbocycles. The lowest BCUT2D eigenvalue weighted by Crippen LogP contribution is -2.35. The van der Waals surface area contributed by atoms with E-state index in [0.717, 1.165) is 6.42 Å². The predicted molar refractivity (Wildman–Crippen MR) is 42.1 cm³/mol. The van der Waals surface area contributed by atoms with E-state index in [0.29, 0.717) is 12.5 Å². The van der Waals surface area contributed by atoms with Gasteiger partial charge in [-0.3, -0.25) is 5.32 Å². The van der Waals surface area contributed by atoms with Crippen LogP contribution in [0.4, 0.5) is 8.78 Å². The van der Waals surface area contributed by atoms with Crippen molar-refractivity contribution in [1.29, 1.82) is 0 Å². The van der Waals surface area contributed by atoms with Gasteiger partial charge in [0.15, 0.2) is 6.23 Å². The van der Waals surface area contributed by atoms with Gasteiger partial charge in [-0.2, -0.15) is 0 Å². The third kappa shape index (κ3) is 2.68. The topological polar surface area (TPSA) is 21.3 Å². The lowest BCUT2D eigenvalue weighted by Gasteiger charge is -2.12. The van der Waals surface area contributed by atoms with Crippen molar-refractivity contribution in [1.82, 2.24) is 5.32 Å². The molecule has 12 heavy (non-hydrogen) atoms. The molecular weight excluding hydrogens is 164 g/mol. The SMILES string of the molecule is CC(C)C[C@H]1COC(C(F)F)N1. The molecule has 1 aliphatic heterocycles. The van der Waals surface area contributed by atoms with Gasteiger partial charge in [0.1, 0.15) is 0 Å². The van der Waals surface area contributed by atoms with Crippen LogP contribution in [0.3, 0.4) is 0 Å². The largest absolute Gasteiger partial charge is 0.356 e. The average molecular weight is 179 g/mol. The Bertz CT molecular complexity index is 141. The van der Waals surface area contributed by atoms with Gasteiger partial charge in [0.2, 0.25) is 0 Å². The third-order valence-electron chi connectivity index (χ3n) is 1.86. The Morgan fingerprint density at radius 2 is 2.17 bits per heavy atom. The molecule has 1 rings (SSSR count). The van der Waals surface area contributed by atoms with Gasteiger partial charge in [-0.15, -0.1) is 0 Å². The minimum Gasteiger partial charge on any atom is -0.356 e. The zero-order valence-corrected chi connectivity index (χ0v) is 7.39. The van der Waals surface area contributed by atoms with E-state index in [1.165, 1.54) is 0 Å². The van der Waals surface area contributed by atoms with Crippen molar-refractivity contribution in [3.8, 4) is 0 Å². The van der Waals surface area contributed by atoms with Crippen LogP contribution in [0.1, 0.15) is 20.3 Å². The van der Waals surface area contributed by atoms with Crippen LogP contribution in [-0.2, 0) is 4.74 Å². The minimum absolute atomic E-state index is 0.101. The molecule has 2 nitrogen and oxygen atoms in total. The average Bonchev–Trinajstić information content (AvgIpc) is 2.34. The van der Waals surface area contributed by atoms with Crippen LogP contribution in [0.15, 0.2) is 0 Å². The van der Waals surface area contributed by atoms with Gasteiger partial charge in [0, 0.05) is 6.04 Å². The molecule has 72 valence electrons. The molecule has 0 bridgehead atoms. The smallest absolute Gasteiger partial charge is 0.277 e. The Hall–Kier alpha value is -0.220. The number of halogens is 2. The second kappa shape index (κ2) is 4.14. The summed E-state index contributed by atoms with van der Waals surface area (Å²) >= 11 is 0. The highest BCUT2D eigenvalue weighted by Gasteiger charge is 2.31. The lowest BCUT2D eigenvalue weighted by atomic mass is 10.1. The molecule has 0 aliphatic carbocycles. The Kier molecular flexibility index (Phi) is 3.40. The number of hydrogen-bond acceptors (Lipinski definition) is 2. The maximum Gasteiger partial charge on any atom is 0.277 e. The molecule has 1 heterocycles. The summed E-state index contributed by atoms with van der Waals surface area (Å²) in [4.78, 5) is 0. The first-order valence-corrected chi connectivity index (χ1v) is 4.25. The van der Waals surface area contributed by atoms with Crippen LogP contribution in [-0.4, -0.2) is 25.3 Å². The number of nitrogens with one attached hydrogen (secondary N) is 1. The minimum atomic E-state index is -2.41. The fourth-order valence-corrected chi connectivity index (χ4v) is 1.40. The maximum atomic E-state index is 12.1. The van der Waals surface area contributed by atoms with Gasteiger partial charge in [0.25, 0.3) is 6.43 Å². The molecule has 2 atom stereocenters. The van der Waals surface area contributed by atoms with Crippen LogP contribution < -0.4 is 5.32 Å². The van der Waals surface area contributed by atoms with Crippen molar-refractivity contribution in [3.05, 3.63) is 0 Å². The Morgan fingerprint density at radius 1 is 1.50 bits per heavy atom. The summed E-state index contributed by atoms with van der Waals surface area (Å²) in [5, 5.41) is 2.75. The quantitative estimate of drug-likeness (QED) is 0.710. The zero-order valence-electron chi connectivity index (χ0n) is 7.39. The fraction of sp³-hybridized carbons (Fsp3) is 1.00. The van der Waals surface area contributed by atoms with Crippen LogP contribution in [0.2, 0.25) is 0 Å². The zero-order chi connectivity index (χ0) is 9.14. The second-order valence-electron chi connectivity index (χ2n) is 3.58. The Labute approximate surface area is 71.3 Å². The number of ether oxygens (including phenoxy) is 1. The normalized spacial score (nSPS) is 30.5. The van der Waals surface area contributed by atoms with E-state index < -0.39 is 12.7 Å². The Balaban J connectivity index is 2.26. The molecule has 0 aromatic rings. The molecule has 0 radical (unpaired) electrons. The van der Waals surface area contributed by atoms with Gasteiger partial charge in [-0.25, -0.2) is 8.78 Å². The molecule has 0 spiro atoms. The van der Waals surface area contributed by atoms with Crippen molar-refractivity contribution in [3.63, 3.8) is 0 Å². The first kappa shape index (κ1) is 9.86. The standard InChI is InChI=1S/C8H15F2NO/c1-5(2)3-6-4-12-8(11-6)7(9)10/h5-8,11H,3-4H2,1-2H3/t6-,8?/m0/s1. The third-order valence-corrected chi connectivity index (χ3v) is 1.86. The lowest BCUT2D eigenvalue weighted by molar-refractivity contribution is -0.0315. The van der Waals surface area contributed by atoms with Crippen molar-refractivity contribution in [2.24, 2.45) is 5.92 Å². The maximum absolute atomic E-state index is 12.1. The predicted octanol–water partition coefficient (Wildman–Crippen LogP) is 1.61. The fourth-order valence-electron chi connectivity index (χ4n) is 1.40. The summed E-state index contributed by atoms with van der Waals surface area (Å²) < 4.78 is 29.0. The first-order valence-electron chi connectivity index (χ1n) is 4.25. The highest BCUT2D eigenvalue weighted by Crippen LogP contribution is 2.15. The van der Waals surface area contributed by atoms with Crippen molar-refractivity contribution in [2.45, 2.75) is 39.0 Å². The molecule has 0 amide bonds. The van der Waals surface area contributed by atoms with Crippen molar-refractivity contribution < 1.29 is 13.5 Å². The van der Waals surface area contributed by atoms with Gasteiger partial charge >= 0.3 is 0 Å². The summed E-state index contributed by atoms with van der Waals surface area (Å²) in [6.07, 6.45) is -2.57. The monoisotopic (exact) mass is 179 g/mol. The van der Waals surface area contributed by atoms with E-state index in [9.17, 15) is 8.78 Å². The number of alkyl halides is 2. The molecule has 4 heteroatoms. The molecular formula is C8H15F2NO. The summed E-state index contributed by atoms with van der Waals surface area (Å²) in [7, 11) is 0. The van der Waals surface area contributed by atoms with Crippen LogP contribution >= 0.6 is 0 Å². The molecule has 1 fully saturated rings. The molecule has 1 aliphatic rings. The number of hydrogen-bond donors (Lipinski definition) is 1. The van der Waals surface area contributed by atoms with E-state index in [1.807, 2.05) is 0 Å². The van der Waals surface area contributed by atoms with Crippen LogP contribution in [0.25, 0.3) is 0 Å². The van der Waals surface area contributed by atoms with Gasteiger partial charge in [-0.05, 0) is 12.3 Å². The molecule has 1 saturated heterocycles. The van der Waals surface area contributed by atoms with Gasteiger partial charge in [0.05, 0.1) is 6.61 Å². The van der Waals surface area contributed by atoms with Crippen molar-refractivity contribution in [2.75, 3.05) is 6.61 Å². The van der Waals surface area contributed by atoms with Crippen molar-refractivity contribution >= 4 is 0 Å². The Morgan fingerprint density at radius 3 is 2.58 bits per heavy atom. The summed E-state index contributed by atoms with van der Waals surface area (Å²) in [5.74, 6) is 0.516. The summed E-state index contributed by atoms with van der Waals surface area (Å²) in [5.41, 5.74) is 0. The van der Waals surface area contributed by atoms with E-state index in [4.69, 9.17) is 4.74 Å². The van der Waals surface area contributed by atoms with E-state index >= 15 is 0 Å². The van der Waals surface area contributed by atoms with Crippen LogP contribution in [0, 0.1) is 5.92 Å². The summed E-state index contributed by atoms with van der Waals surface area (Å²) in [6, 6.07) is 0.101. The van der Waals surface area contributed by atoms with E-state index in [1.54, 1.807) is 0 Å². The molecule has 1 unspecified atom stereocenters. The number of rotatable bonds is 3. The van der Waals surface area contributed by atoms with Gasteiger partial charge < -0.3 is 4.74 Å². The highest BCUT2D eigenvalue weighted by molar-refractivity contribution is 4.77. The summed E-state index contributed by atoms with van der Waals surface area (Å²) in [6.45, 7) is 4.54. The highest BCUT2D eigenvalue weighted by atomic mass is 19.3. The van der Waals surface area contributed by atoms with E-state index in [-0.39, 0.29) is 6.04 Å². The van der Waals surface area contributed by atoms with E-state index in [2.05, 4.69) is 19.2 Å². The first-order chi connectivity index (χ1) is 5.59. The second-order valence-corrected chi connectivity index (χ2v) is 3.58.